The van der Waals surface area contributed by atoms with Crippen LogP contribution in [0.3, 0.4) is 0 Å². The molecule has 46 valence electrons. The Balaban J connectivity index is 0.000000640. The molecule has 0 aromatic rings. The van der Waals surface area contributed by atoms with Gasteiger partial charge in [0.05, 0.1) is 0 Å². The van der Waals surface area contributed by atoms with E-state index in [-0.39, 0.29) is 51.4 Å². The fourth-order valence-corrected chi connectivity index (χ4v) is 0.825. The Bertz CT molecular complexity index is 101. The molecule has 1 aliphatic rings. The summed E-state index contributed by atoms with van der Waals surface area (Å²) in [6, 6.07) is -0.394. The van der Waals surface area contributed by atoms with Crippen molar-refractivity contribution in [2.75, 3.05) is 6.54 Å². The van der Waals surface area contributed by atoms with E-state index in [1.807, 2.05) is 0 Å². The summed E-state index contributed by atoms with van der Waals surface area (Å²) in [7, 11) is 0. The Morgan fingerprint density at radius 1 is 1.67 bits per heavy atom. The molecule has 9 heavy (non-hydrogen) atoms. The van der Waals surface area contributed by atoms with E-state index < -0.39 is 12.0 Å². The molecule has 1 aliphatic heterocycles. The summed E-state index contributed by atoms with van der Waals surface area (Å²) < 4.78 is 0. The van der Waals surface area contributed by atoms with Crippen LogP contribution in [0.4, 0.5) is 0 Å². The molecule has 0 saturated carbocycles. The number of nitrogens with zero attached hydrogens (tertiary/aromatic N) is 1. The molecule has 1 N–H and O–H groups in total. The number of hydrogen-bond acceptors (Lipinski definition) is 1. The molecular weight excluding hydrogens is 145 g/mol. The molecule has 1 atom stereocenters. The summed E-state index contributed by atoms with van der Waals surface area (Å²) in [6.45, 7) is 0.733. The summed E-state index contributed by atoms with van der Waals surface area (Å²) in [5.74, 6) is -0.775. The molecule has 1 saturated heterocycles. The Morgan fingerprint density at radius 3 is 2.56 bits per heavy atom. The van der Waals surface area contributed by atoms with Crippen LogP contribution in [0.25, 0.3) is 5.32 Å². The van der Waals surface area contributed by atoms with E-state index in [2.05, 4.69) is 5.32 Å². The van der Waals surface area contributed by atoms with Gasteiger partial charge >= 0.3 is 51.4 Å². The van der Waals surface area contributed by atoms with E-state index in [4.69, 9.17) is 5.11 Å². The molecule has 0 aromatic carbocycles. The first kappa shape index (κ1) is 10.1. The fraction of sp³-hybridized carbons (Fsp3) is 0.800. The largest absolute Gasteiger partial charge is 1.00 e. The summed E-state index contributed by atoms with van der Waals surface area (Å²) in [5, 5.41) is 12.2. The smallest absolute Gasteiger partial charge is 0.650 e. The summed E-state index contributed by atoms with van der Waals surface area (Å²) in [5.41, 5.74) is 0. The van der Waals surface area contributed by atoms with E-state index >= 15 is 0 Å². The minimum atomic E-state index is -0.775. The number of carboxylic acid groups (broad SMARTS) is 1. The number of hydrogen-bond donors (Lipinski definition) is 1. The SMILES string of the molecule is O=C(O)C1CCC[N-]1.[K+]. The van der Waals surface area contributed by atoms with Gasteiger partial charge in [-0.2, -0.15) is 0 Å². The van der Waals surface area contributed by atoms with Crippen molar-refractivity contribution in [3.8, 4) is 0 Å². The zero-order chi connectivity index (χ0) is 5.98. The first-order chi connectivity index (χ1) is 3.80. The van der Waals surface area contributed by atoms with Gasteiger partial charge in [0.2, 0.25) is 0 Å². The standard InChI is InChI=1S/C5H8NO2.K/c7-5(8)4-2-1-3-6-4;/h4H,1-3H2,(H,7,8);/q-1;+1. The number of rotatable bonds is 1. The van der Waals surface area contributed by atoms with Crippen molar-refractivity contribution in [3.05, 3.63) is 5.32 Å². The van der Waals surface area contributed by atoms with E-state index in [1.165, 1.54) is 0 Å². The quantitative estimate of drug-likeness (QED) is 0.427. The molecule has 1 heterocycles. The first-order valence-electron chi connectivity index (χ1n) is 2.70. The molecular formula is C5H8KNO2. The van der Waals surface area contributed by atoms with Crippen molar-refractivity contribution in [1.82, 2.24) is 0 Å². The Labute approximate surface area is 96.6 Å². The second kappa shape index (κ2) is 4.82. The van der Waals surface area contributed by atoms with E-state index in [0.717, 1.165) is 19.4 Å². The molecule has 0 radical (unpaired) electrons. The van der Waals surface area contributed by atoms with Crippen LogP contribution in [-0.4, -0.2) is 23.7 Å². The van der Waals surface area contributed by atoms with Crippen LogP contribution in [0.1, 0.15) is 12.8 Å². The molecule has 1 rings (SSSR count). The molecule has 0 aromatic heterocycles. The van der Waals surface area contributed by atoms with Gasteiger partial charge in [-0.05, 0) is 6.04 Å². The molecule has 0 aliphatic carbocycles. The topological polar surface area (TPSA) is 51.4 Å². The monoisotopic (exact) mass is 153 g/mol. The van der Waals surface area contributed by atoms with Gasteiger partial charge in [0.25, 0.3) is 5.97 Å². The average molecular weight is 153 g/mol. The van der Waals surface area contributed by atoms with Gasteiger partial charge in [-0.3, -0.25) is 4.79 Å². The zero-order valence-corrected chi connectivity index (χ0v) is 8.62. The van der Waals surface area contributed by atoms with Crippen molar-refractivity contribution < 1.29 is 61.3 Å². The zero-order valence-electron chi connectivity index (χ0n) is 5.50. The molecule has 1 unspecified atom stereocenters. The third kappa shape index (κ3) is 3.11. The Kier molecular flexibility index (Phi) is 5.39. The van der Waals surface area contributed by atoms with Crippen LogP contribution in [0.5, 0.6) is 0 Å². The van der Waals surface area contributed by atoms with Crippen molar-refractivity contribution in [1.29, 1.82) is 0 Å². The second-order valence-electron chi connectivity index (χ2n) is 1.90. The molecule has 3 nitrogen and oxygen atoms in total. The van der Waals surface area contributed by atoms with Crippen LogP contribution >= 0.6 is 0 Å². The maximum Gasteiger partial charge on any atom is 1.00 e. The minimum Gasteiger partial charge on any atom is -0.650 e. The fourth-order valence-electron chi connectivity index (χ4n) is 0.825. The van der Waals surface area contributed by atoms with Gasteiger partial charge < -0.3 is 10.4 Å². The van der Waals surface area contributed by atoms with Crippen molar-refractivity contribution >= 4 is 5.97 Å². The minimum absolute atomic E-state index is 0. The third-order valence-electron chi connectivity index (χ3n) is 1.27. The second-order valence-corrected chi connectivity index (χ2v) is 1.90. The van der Waals surface area contributed by atoms with Gasteiger partial charge in [-0.25, -0.2) is 0 Å². The molecule has 0 bridgehead atoms. The van der Waals surface area contributed by atoms with Crippen molar-refractivity contribution in [2.24, 2.45) is 0 Å². The van der Waals surface area contributed by atoms with Crippen LogP contribution in [-0.2, 0) is 4.79 Å². The van der Waals surface area contributed by atoms with E-state index in [1.54, 1.807) is 0 Å². The molecule has 4 heteroatoms. The summed E-state index contributed by atoms with van der Waals surface area (Å²) in [4.78, 5) is 10.1. The predicted octanol–water partition coefficient (Wildman–Crippen LogP) is -2.39. The van der Waals surface area contributed by atoms with E-state index in [0.29, 0.717) is 0 Å². The normalized spacial score (nSPS) is 25.1. The Hall–Kier alpha value is 1.07. The van der Waals surface area contributed by atoms with Crippen molar-refractivity contribution in [3.63, 3.8) is 0 Å². The van der Waals surface area contributed by atoms with Crippen LogP contribution in [0, 0.1) is 0 Å². The van der Waals surface area contributed by atoms with Gasteiger partial charge in [-0.1, -0.05) is 12.8 Å². The third-order valence-corrected chi connectivity index (χ3v) is 1.27. The van der Waals surface area contributed by atoms with Crippen LogP contribution < -0.4 is 51.4 Å². The predicted molar refractivity (Wildman–Crippen MR) is 28.9 cm³/mol. The van der Waals surface area contributed by atoms with Crippen LogP contribution in [0.15, 0.2) is 0 Å². The molecule has 1 fully saturated rings. The van der Waals surface area contributed by atoms with Gasteiger partial charge in [-0.15, -0.1) is 6.54 Å². The maximum atomic E-state index is 10.1. The number of carbonyl (C=O) groups is 1. The average Bonchev–Trinajstić information content (AvgIpc) is 2.12. The first-order valence-corrected chi connectivity index (χ1v) is 2.70. The summed E-state index contributed by atoms with van der Waals surface area (Å²) in [6.07, 6.45) is 1.67. The summed E-state index contributed by atoms with van der Waals surface area (Å²) >= 11 is 0. The van der Waals surface area contributed by atoms with Crippen molar-refractivity contribution in [2.45, 2.75) is 18.9 Å². The van der Waals surface area contributed by atoms with Gasteiger partial charge in [0.1, 0.15) is 0 Å². The Morgan fingerprint density at radius 2 is 2.33 bits per heavy atom. The molecule has 0 amide bonds. The van der Waals surface area contributed by atoms with Crippen LogP contribution in [0.2, 0.25) is 0 Å². The van der Waals surface area contributed by atoms with Gasteiger partial charge in [0.15, 0.2) is 0 Å². The number of aliphatic carboxylic acids is 1. The maximum absolute atomic E-state index is 10.1. The van der Waals surface area contributed by atoms with Gasteiger partial charge in [0, 0.05) is 0 Å². The number of carboxylic acids is 1. The molecule has 0 spiro atoms. The van der Waals surface area contributed by atoms with E-state index in [9.17, 15) is 4.79 Å².